The van der Waals surface area contributed by atoms with Crippen molar-refractivity contribution < 1.29 is 23.7 Å². The molecule has 0 saturated carbocycles. The highest BCUT2D eigenvalue weighted by Crippen LogP contribution is 2.34. The number of benzene rings is 2. The molecule has 0 aliphatic heterocycles. The van der Waals surface area contributed by atoms with Gasteiger partial charge in [-0.3, -0.25) is 0 Å². The molecule has 0 spiro atoms. The van der Waals surface area contributed by atoms with E-state index < -0.39 is 0 Å². The van der Waals surface area contributed by atoms with Gasteiger partial charge in [0.25, 0.3) is 0 Å². The third-order valence-corrected chi connectivity index (χ3v) is 5.02. The number of hydrogen-bond acceptors (Lipinski definition) is 5. The molecule has 5 heteroatoms. The van der Waals surface area contributed by atoms with E-state index in [0.717, 1.165) is 11.1 Å². The molecule has 2 aromatic carbocycles. The van der Waals surface area contributed by atoms with Gasteiger partial charge in [-0.2, -0.15) is 0 Å². The van der Waals surface area contributed by atoms with Crippen molar-refractivity contribution in [3.05, 3.63) is 71.8 Å². The van der Waals surface area contributed by atoms with Crippen LogP contribution in [0.5, 0.6) is 0 Å². The van der Waals surface area contributed by atoms with Crippen molar-refractivity contribution in [3.8, 4) is 0 Å². The Morgan fingerprint density at radius 2 is 0.903 bits per heavy atom. The van der Waals surface area contributed by atoms with Crippen molar-refractivity contribution in [2.45, 2.75) is 78.5 Å². The third kappa shape index (κ3) is 8.36. The molecule has 0 radical (unpaired) electrons. The second-order valence-corrected chi connectivity index (χ2v) is 7.53. The Morgan fingerprint density at radius 3 is 1.23 bits per heavy atom. The van der Waals surface area contributed by atoms with Crippen LogP contribution < -0.4 is 0 Å². The normalized spacial score (nSPS) is 17.5. The fourth-order valence-corrected chi connectivity index (χ4v) is 3.66. The molecule has 31 heavy (non-hydrogen) atoms. The Labute approximate surface area is 187 Å². The highest BCUT2D eigenvalue weighted by atomic mass is 16.7. The van der Waals surface area contributed by atoms with Gasteiger partial charge in [0.15, 0.2) is 12.6 Å². The van der Waals surface area contributed by atoms with Gasteiger partial charge in [0.05, 0.1) is 12.2 Å². The predicted molar refractivity (Wildman–Crippen MR) is 123 cm³/mol. The van der Waals surface area contributed by atoms with Crippen LogP contribution in [0.1, 0.15) is 64.9 Å². The highest BCUT2D eigenvalue weighted by Gasteiger charge is 2.31. The van der Waals surface area contributed by atoms with Gasteiger partial charge in [-0.15, -0.1) is 0 Å². The van der Waals surface area contributed by atoms with Gasteiger partial charge >= 0.3 is 0 Å². The average Bonchev–Trinajstić information content (AvgIpc) is 2.75. The summed E-state index contributed by atoms with van der Waals surface area (Å²) in [5, 5.41) is 0. The number of ether oxygens (including phenoxy) is 5. The van der Waals surface area contributed by atoms with Crippen molar-refractivity contribution in [2.24, 2.45) is 0 Å². The van der Waals surface area contributed by atoms with Crippen LogP contribution in [0.25, 0.3) is 0 Å². The van der Waals surface area contributed by atoms with Gasteiger partial charge in [-0.25, -0.2) is 0 Å². The molecule has 0 saturated heterocycles. The van der Waals surface area contributed by atoms with E-state index in [4.69, 9.17) is 23.7 Å². The molecule has 0 aromatic heterocycles. The molecule has 6 unspecified atom stereocenters. The van der Waals surface area contributed by atoms with Crippen LogP contribution in [0.15, 0.2) is 60.7 Å². The zero-order chi connectivity index (χ0) is 22.6. The zero-order valence-electron chi connectivity index (χ0n) is 19.7. The van der Waals surface area contributed by atoms with E-state index in [1.165, 1.54) is 0 Å². The topological polar surface area (TPSA) is 46.2 Å². The van der Waals surface area contributed by atoms with Gasteiger partial charge in [-0.1, -0.05) is 60.7 Å². The molecule has 5 nitrogen and oxygen atoms in total. The molecular formula is C26H38O5. The Kier molecular flexibility index (Phi) is 11.2. The first-order valence-electron chi connectivity index (χ1n) is 11.3. The fourth-order valence-electron chi connectivity index (χ4n) is 3.66. The van der Waals surface area contributed by atoms with E-state index in [0.29, 0.717) is 13.2 Å². The molecule has 0 bridgehead atoms. The quantitative estimate of drug-likeness (QED) is 0.341. The predicted octanol–water partition coefficient (Wildman–Crippen LogP) is 6.06. The third-order valence-electron chi connectivity index (χ3n) is 5.02. The van der Waals surface area contributed by atoms with Crippen molar-refractivity contribution in [2.75, 3.05) is 13.2 Å². The smallest absolute Gasteiger partial charge is 0.155 e. The Balaban J connectivity index is 2.30. The summed E-state index contributed by atoms with van der Waals surface area (Å²) in [6.45, 7) is 13.0. The molecule has 6 atom stereocenters. The second kappa shape index (κ2) is 13.6. The first-order chi connectivity index (χ1) is 15.0. The molecule has 0 N–H and O–H groups in total. The van der Waals surface area contributed by atoms with Crippen LogP contribution >= 0.6 is 0 Å². The molecule has 0 fully saturated rings. The molecular weight excluding hydrogens is 392 g/mol. The van der Waals surface area contributed by atoms with Crippen molar-refractivity contribution in [3.63, 3.8) is 0 Å². The molecule has 0 amide bonds. The molecule has 0 aliphatic rings. The highest BCUT2D eigenvalue weighted by molar-refractivity contribution is 5.21. The van der Waals surface area contributed by atoms with Gasteiger partial charge in [0.1, 0.15) is 12.2 Å². The minimum Gasteiger partial charge on any atom is -0.360 e. The second-order valence-electron chi connectivity index (χ2n) is 7.53. The number of hydrogen-bond donors (Lipinski definition) is 0. The lowest BCUT2D eigenvalue weighted by atomic mass is 10.0. The lowest BCUT2D eigenvalue weighted by Crippen LogP contribution is -2.33. The van der Waals surface area contributed by atoms with Gasteiger partial charge in [0, 0.05) is 13.2 Å². The summed E-state index contributed by atoms with van der Waals surface area (Å²) in [7, 11) is 0. The lowest BCUT2D eigenvalue weighted by Gasteiger charge is -2.34. The zero-order valence-corrected chi connectivity index (χ0v) is 19.7. The maximum Gasteiger partial charge on any atom is 0.155 e. The monoisotopic (exact) mass is 430 g/mol. The summed E-state index contributed by atoms with van der Waals surface area (Å²) in [5.41, 5.74) is 2.09. The van der Waals surface area contributed by atoms with Gasteiger partial charge in [-0.05, 0) is 52.7 Å². The van der Waals surface area contributed by atoms with Crippen LogP contribution in [0, 0.1) is 0 Å². The summed E-state index contributed by atoms with van der Waals surface area (Å²) < 4.78 is 30.2. The van der Waals surface area contributed by atoms with Crippen molar-refractivity contribution in [1.29, 1.82) is 0 Å². The molecule has 172 valence electrons. The summed E-state index contributed by atoms with van der Waals surface area (Å²) in [6.07, 6.45) is -1.71. The van der Waals surface area contributed by atoms with Crippen molar-refractivity contribution in [1.82, 2.24) is 0 Å². The Bertz CT molecular complexity index is 647. The fraction of sp³-hybridized carbons (Fsp3) is 0.538. The molecule has 0 heterocycles. The van der Waals surface area contributed by atoms with Crippen LogP contribution in [-0.2, 0) is 23.7 Å². The van der Waals surface area contributed by atoms with E-state index >= 15 is 0 Å². The van der Waals surface area contributed by atoms with Crippen LogP contribution in [0.4, 0.5) is 0 Å². The average molecular weight is 431 g/mol. The minimum atomic E-state index is -0.323. The van der Waals surface area contributed by atoms with Crippen LogP contribution in [0.3, 0.4) is 0 Å². The van der Waals surface area contributed by atoms with E-state index in [1.807, 2.05) is 77.9 Å². The first kappa shape index (κ1) is 25.5. The van der Waals surface area contributed by atoms with Gasteiger partial charge < -0.3 is 23.7 Å². The maximum atomic E-state index is 6.74. The maximum absolute atomic E-state index is 6.74. The molecule has 2 rings (SSSR count). The van der Waals surface area contributed by atoms with Crippen LogP contribution in [-0.4, -0.2) is 38.0 Å². The summed E-state index contributed by atoms with van der Waals surface area (Å²) in [4.78, 5) is 0. The largest absolute Gasteiger partial charge is 0.360 e. The summed E-state index contributed by atoms with van der Waals surface area (Å²) >= 11 is 0. The van der Waals surface area contributed by atoms with E-state index in [-0.39, 0.29) is 37.0 Å². The van der Waals surface area contributed by atoms with Gasteiger partial charge in [0.2, 0.25) is 0 Å². The van der Waals surface area contributed by atoms with E-state index in [2.05, 4.69) is 24.3 Å². The Morgan fingerprint density at radius 1 is 0.548 bits per heavy atom. The lowest BCUT2D eigenvalue weighted by molar-refractivity contribution is -0.221. The summed E-state index contributed by atoms with van der Waals surface area (Å²) in [5.74, 6) is 0. The summed E-state index contributed by atoms with van der Waals surface area (Å²) in [6, 6.07) is 20.3. The van der Waals surface area contributed by atoms with Crippen LogP contribution in [0.2, 0.25) is 0 Å². The van der Waals surface area contributed by atoms with E-state index in [9.17, 15) is 0 Å². The number of rotatable bonds is 14. The molecule has 2 aromatic rings. The minimum absolute atomic E-state index is 0.230. The first-order valence-corrected chi connectivity index (χ1v) is 11.3. The SMILES string of the molecule is CCOC(C)OC(C)C(OC(c1ccccc1)C(C)OC(C)OCC)c1ccccc1. The Hall–Kier alpha value is -1.76. The van der Waals surface area contributed by atoms with E-state index in [1.54, 1.807) is 0 Å². The van der Waals surface area contributed by atoms with Crippen molar-refractivity contribution >= 4 is 0 Å². The molecule has 0 aliphatic carbocycles. The standard InChI is InChI=1S/C26H38O5/c1-7-27-21(5)29-19(3)25(23-15-11-9-12-16-23)31-26(24-17-13-10-14-18-24)20(4)30-22(6)28-8-2/h9-22,25-26H,7-8H2,1-6H3.